The van der Waals surface area contributed by atoms with Crippen molar-refractivity contribution in [3.63, 3.8) is 0 Å². The van der Waals surface area contributed by atoms with E-state index in [2.05, 4.69) is 4.58 Å². The van der Waals surface area contributed by atoms with Gasteiger partial charge in [0, 0.05) is 12.0 Å². The summed E-state index contributed by atoms with van der Waals surface area (Å²) in [5.41, 5.74) is 2.08. The topological polar surface area (TPSA) is 43.5 Å². The highest BCUT2D eigenvalue weighted by Crippen LogP contribution is 2.28. The van der Waals surface area contributed by atoms with E-state index in [9.17, 15) is 10.2 Å². The van der Waals surface area contributed by atoms with E-state index >= 15 is 0 Å². The van der Waals surface area contributed by atoms with Crippen molar-refractivity contribution in [1.29, 1.82) is 0 Å². The molecule has 1 aromatic carbocycles. The summed E-state index contributed by atoms with van der Waals surface area (Å²) in [5.74, 6) is -0.0815. The van der Waals surface area contributed by atoms with Gasteiger partial charge in [0.2, 0.25) is 0 Å². The molecule has 3 nitrogen and oxygen atoms in total. The van der Waals surface area contributed by atoms with Crippen molar-refractivity contribution in [3.05, 3.63) is 23.3 Å². The van der Waals surface area contributed by atoms with Gasteiger partial charge in [-0.2, -0.15) is 0 Å². The van der Waals surface area contributed by atoms with Crippen LogP contribution < -0.4 is 12.4 Å². The molecule has 1 heterocycles. The van der Waals surface area contributed by atoms with E-state index in [1.807, 2.05) is 13.3 Å². The Hall–Kier alpha value is -1.22. The van der Waals surface area contributed by atoms with E-state index in [-0.39, 0.29) is 23.9 Å². The molecule has 0 saturated carbocycles. The first kappa shape index (κ1) is 10.9. The van der Waals surface area contributed by atoms with Gasteiger partial charge in [-0.05, 0) is 17.7 Å². The average Bonchev–Trinajstić information content (AvgIpc) is 2.08. The highest BCUT2D eigenvalue weighted by Gasteiger charge is 2.15. The maximum absolute atomic E-state index is 9.27. The highest BCUT2D eigenvalue weighted by molar-refractivity contribution is 5.80. The molecule has 0 spiro atoms. The van der Waals surface area contributed by atoms with Crippen molar-refractivity contribution < 1.29 is 27.2 Å². The zero-order valence-corrected chi connectivity index (χ0v) is 8.62. The van der Waals surface area contributed by atoms with Gasteiger partial charge in [0.05, 0.1) is 0 Å². The lowest BCUT2D eigenvalue weighted by molar-refractivity contribution is -0.493. The van der Waals surface area contributed by atoms with Gasteiger partial charge in [-0.25, -0.2) is 4.58 Å². The second kappa shape index (κ2) is 3.88. The molecule has 0 unspecified atom stereocenters. The third kappa shape index (κ3) is 1.82. The van der Waals surface area contributed by atoms with Crippen molar-refractivity contribution in [2.24, 2.45) is 0 Å². The fraction of sp³-hybridized carbons (Fsp3) is 0.300. The normalized spacial score (nSPS) is 13.9. The standard InChI is InChI=1S/C10H11NO2.ClH/c1-11-3-2-7-4-9(12)10(13)5-8(7)6-11;/h4-6,13H,2-3H2,1H3;1H. The van der Waals surface area contributed by atoms with E-state index in [4.69, 9.17) is 0 Å². The van der Waals surface area contributed by atoms with Crippen molar-refractivity contribution in [1.82, 2.24) is 0 Å². The molecule has 0 saturated heterocycles. The molecular weight excluding hydrogens is 202 g/mol. The number of hydrogen-bond donors (Lipinski definition) is 2. The Morgan fingerprint density at radius 3 is 2.57 bits per heavy atom. The van der Waals surface area contributed by atoms with Crippen molar-refractivity contribution in [2.45, 2.75) is 6.42 Å². The average molecular weight is 214 g/mol. The third-order valence-corrected chi connectivity index (χ3v) is 2.33. The number of benzene rings is 1. The predicted octanol–water partition coefficient (Wildman–Crippen LogP) is -2.28. The van der Waals surface area contributed by atoms with E-state index < -0.39 is 0 Å². The Bertz CT molecular complexity index is 388. The van der Waals surface area contributed by atoms with Crippen molar-refractivity contribution in [3.8, 4) is 11.5 Å². The van der Waals surface area contributed by atoms with Crippen LogP contribution in [-0.4, -0.2) is 34.6 Å². The third-order valence-electron chi connectivity index (χ3n) is 2.33. The van der Waals surface area contributed by atoms with Crippen LogP contribution in [0.1, 0.15) is 11.1 Å². The fourth-order valence-corrected chi connectivity index (χ4v) is 1.57. The monoisotopic (exact) mass is 213 g/mol. The molecule has 14 heavy (non-hydrogen) atoms. The first-order chi connectivity index (χ1) is 6.16. The first-order valence-corrected chi connectivity index (χ1v) is 4.27. The summed E-state index contributed by atoms with van der Waals surface area (Å²) in [6, 6.07) is 3.23. The van der Waals surface area contributed by atoms with Crippen LogP contribution >= 0.6 is 0 Å². The molecule has 1 aliphatic heterocycles. The SMILES string of the molecule is C[N+]1=Cc2cc(O)c(O)cc2CC1.[Cl-]. The van der Waals surface area contributed by atoms with Gasteiger partial charge in [0.25, 0.3) is 0 Å². The van der Waals surface area contributed by atoms with Crippen LogP contribution in [0.2, 0.25) is 0 Å². The predicted molar refractivity (Wildman–Crippen MR) is 49.7 cm³/mol. The molecule has 1 aromatic rings. The summed E-state index contributed by atoms with van der Waals surface area (Å²) in [7, 11) is 1.99. The van der Waals surface area contributed by atoms with E-state index in [1.54, 1.807) is 12.1 Å². The summed E-state index contributed by atoms with van der Waals surface area (Å²) in [4.78, 5) is 0. The molecule has 0 aliphatic carbocycles. The van der Waals surface area contributed by atoms with Gasteiger partial charge in [0.1, 0.15) is 13.6 Å². The lowest BCUT2D eigenvalue weighted by Crippen LogP contribution is -3.00. The quantitative estimate of drug-likeness (QED) is 0.377. The second-order valence-electron chi connectivity index (χ2n) is 3.40. The minimum absolute atomic E-state index is 0. The molecule has 1 aliphatic rings. The fourth-order valence-electron chi connectivity index (χ4n) is 1.57. The second-order valence-corrected chi connectivity index (χ2v) is 3.40. The van der Waals surface area contributed by atoms with Gasteiger partial charge in [0.15, 0.2) is 17.7 Å². The molecular formula is C10H12ClNO2. The van der Waals surface area contributed by atoms with Gasteiger partial charge in [-0.1, -0.05) is 0 Å². The highest BCUT2D eigenvalue weighted by atomic mass is 35.5. The van der Waals surface area contributed by atoms with Crippen LogP contribution in [0, 0.1) is 0 Å². The van der Waals surface area contributed by atoms with Crippen molar-refractivity contribution >= 4 is 6.21 Å². The van der Waals surface area contributed by atoms with Gasteiger partial charge < -0.3 is 22.6 Å². The lowest BCUT2D eigenvalue weighted by Gasteiger charge is -2.10. The number of aromatic hydroxyl groups is 2. The number of hydrogen-bond acceptors (Lipinski definition) is 2. The molecule has 76 valence electrons. The minimum atomic E-state index is -0.0506. The van der Waals surface area contributed by atoms with Crippen LogP contribution in [0.5, 0.6) is 11.5 Å². The Labute approximate surface area is 88.7 Å². The Morgan fingerprint density at radius 2 is 1.86 bits per heavy atom. The summed E-state index contributed by atoms with van der Waals surface area (Å²) in [5, 5.41) is 18.5. The number of fused-ring (bicyclic) bond motifs is 1. The van der Waals surface area contributed by atoms with Crippen molar-refractivity contribution in [2.75, 3.05) is 13.6 Å². The number of likely N-dealkylation sites (N-methyl/N-ethyl adjacent to an activating group) is 1. The molecule has 0 atom stereocenters. The summed E-state index contributed by atoms with van der Waals surface area (Å²) >= 11 is 0. The van der Waals surface area contributed by atoms with Gasteiger partial charge in [-0.3, -0.25) is 0 Å². The molecule has 0 fully saturated rings. The number of phenols is 2. The number of phenolic OH excluding ortho intramolecular Hbond substituents is 2. The molecule has 0 radical (unpaired) electrons. The largest absolute Gasteiger partial charge is 1.00 e. The maximum Gasteiger partial charge on any atom is 0.170 e. The van der Waals surface area contributed by atoms with Crippen LogP contribution in [-0.2, 0) is 6.42 Å². The van der Waals surface area contributed by atoms with Crippen LogP contribution in [0.4, 0.5) is 0 Å². The molecule has 0 aromatic heterocycles. The smallest absolute Gasteiger partial charge is 0.170 e. The van der Waals surface area contributed by atoms with Gasteiger partial charge in [-0.15, -0.1) is 0 Å². The van der Waals surface area contributed by atoms with Gasteiger partial charge >= 0.3 is 0 Å². The molecule has 0 bridgehead atoms. The zero-order valence-electron chi connectivity index (χ0n) is 7.87. The Balaban J connectivity index is 0.000000980. The Kier molecular flexibility index (Phi) is 3.01. The summed E-state index contributed by atoms with van der Waals surface area (Å²) in [6.45, 7) is 0.956. The number of halogens is 1. The maximum atomic E-state index is 9.27. The van der Waals surface area contributed by atoms with Crippen LogP contribution in [0.25, 0.3) is 0 Å². The number of nitrogens with zero attached hydrogens (tertiary/aromatic N) is 1. The summed E-state index contributed by atoms with van der Waals surface area (Å²) < 4.78 is 2.07. The molecule has 4 heteroatoms. The zero-order chi connectivity index (χ0) is 9.42. The molecule has 2 rings (SSSR count). The molecule has 2 N–H and O–H groups in total. The first-order valence-electron chi connectivity index (χ1n) is 4.27. The number of rotatable bonds is 0. The molecule has 0 amide bonds. The van der Waals surface area contributed by atoms with Crippen LogP contribution in [0.3, 0.4) is 0 Å². The van der Waals surface area contributed by atoms with E-state index in [0.717, 1.165) is 24.1 Å². The summed E-state index contributed by atoms with van der Waals surface area (Å²) in [6.07, 6.45) is 2.88. The van der Waals surface area contributed by atoms with Crippen LogP contribution in [0.15, 0.2) is 12.1 Å². The van der Waals surface area contributed by atoms with E-state index in [1.165, 1.54) is 0 Å². The van der Waals surface area contributed by atoms with E-state index in [0.29, 0.717) is 0 Å². The minimum Gasteiger partial charge on any atom is -1.00 e. The Morgan fingerprint density at radius 1 is 1.21 bits per heavy atom. The lowest BCUT2D eigenvalue weighted by atomic mass is 10.0.